The molecule has 0 N–H and O–H groups in total. The Labute approximate surface area is 155 Å². The van der Waals surface area contributed by atoms with Gasteiger partial charge in [0.2, 0.25) is 5.79 Å². The molecule has 0 radical (unpaired) electrons. The lowest BCUT2D eigenvalue weighted by molar-refractivity contribution is -0.598. The maximum absolute atomic E-state index is 14.2. The number of ether oxygens (including phenoxy) is 3. The number of carbonyl (C=O) groups is 1. The van der Waals surface area contributed by atoms with Gasteiger partial charge in [0, 0.05) is 18.3 Å². The van der Waals surface area contributed by atoms with Crippen LogP contribution in [0, 0.1) is 23.7 Å². The third-order valence-electron chi connectivity index (χ3n) is 7.02. The van der Waals surface area contributed by atoms with Gasteiger partial charge in [0.05, 0.1) is 0 Å². The van der Waals surface area contributed by atoms with Gasteiger partial charge in [0.15, 0.2) is 11.9 Å². The molecular weight excluding hydrogens is 369 g/mol. The van der Waals surface area contributed by atoms with Crippen molar-refractivity contribution in [2.24, 2.45) is 23.7 Å². The van der Waals surface area contributed by atoms with Crippen molar-refractivity contribution in [1.29, 1.82) is 0 Å². The SMILES string of the molecule is C[C@@H]1CCC2[C@@H](C)[C@](OCC=O)(C(F)(F)F)O[C@@H]3O[C@]4(C)CC[C@@H]1C23OO4. The van der Waals surface area contributed by atoms with E-state index < -0.39 is 48.1 Å². The highest BCUT2D eigenvalue weighted by molar-refractivity contribution is 5.50. The van der Waals surface area contributed by atoms with Crippen molar-refractivity contribution in [3.8, 4) is 0 Å². The van der Waals surface area contributed by atoms with E-state index in [1.807, 2.05) is 0 Å². The largest absolute Gasteiger partial charge is 0.443 e. The number of hydrogen-bond acceptors (Lipinski definition) is 6. The Morgan fingerprint density at radius 2 is 1.85 bits per heavy atom. The van der Waals surface area contributed by atoms with Crippen molar-refractivity contribution in [3.63, 3.8) is 0 Å². The molecule has 27 heavy (non-hydrogen) atoms. The first-order valence-corrected chi connectivity index (χ1v) is 9.46. The lowest BCUT2D eigenvalue weighted by atomic mass is 9.57. The molecule has 4 aliphatic heterocycles. The van der Waals surface area contributed by atoms with E-state index in [2.05, 4.69) is 6.92 Å². The fourth-order valence-corrected chi connectivity index (χ4v) is 5.65. The zero-order chi connectivity index (χ0) is 19.7. The first-order valence-electron chi connectivity index (χ1n) is 9.46. The molecule has 9 heteroatoms. The van der Waals surface area contributed by atoms with Crippen LogP contribution in [0.15, 0.2) is 0 Å². The summed E-state index contributed by atoms with van der Waals surface area (Å²) in [6, 6.07) is 0. The van der Waals surface area contributed by atoms with Gasteiger partial charge in [-0.15, -0.1) is 0 Å². The molecule has 0 aromatic carbocycles. The van der Waals surface area contributed by atoms with Gasteiger partial charge in [-0.2, -0.15) is 13.2 Å². The molecule has 1 aliphatic carbocycles. The van der Waals surface area contributed by atoms with Crippen LogP contribution in [0.25, 0.3) is 0 Å². The molecule has 0 amide bonds. The van der Waals surface area contributed by atoms with Crippen LogP contribution >= 0.6 is 0 Å². The number of fused-ring (bicyclic) bond motifs is 2. The van der Waals surface area contributed by atoms with E-state index in [1.165, 1.54) is 6.92 Å². The minimum Gasteiger partial charge on any atom is -0.335 e. The fraction of sp³-hybridized carbons (Fsp3) is 0.944. The van der Waals surface area contributed by atoms with Crippen LogP contribution in [-0.4, -0.2) is 42.5 Å². The van der Waals surface area contributed by atoms with Crippen LogP contribution in [-0.2, 0) is 28.8 Å². The molecular formula is C18H25F3O6. The molecule has 8 atom stereocenters. The van der Waals surface area contributed by atoms with E-state index in [0.717, 1.165) is 12.8 Å². The quantitative estimate of drug-likeness (QED) is 0.540. The van der Waals surface area contributed by atoms with E-state index in [9.17, 15) is 18.0 Å². The van der Waals surface area contributed by atoms with Crippen molar-refractivity contribution in [2.75, 3.05) is 6.61 Å². The smallest absolute Gasteiger partial charge is 0.335 e. The minimum atomic E-state index is -4.84. The van der Waals surface area contributed by atoms with E-state index in [4.69, 9.17) is 24.0 Å². The summed E-state index contributed by atoms with van der Waals surface area (Å²) in [5.74, 6) is -5.57. The van der Waals surface area contributed by atoms with E-state index in [1.54, 1.807) is 6.92 Å². The number of hydrogen-bond donors (Lipinski definition) is 0. The third-order valence-corrected chi connectivity index (χ3v) is 7.02. The van der Waals surface area contributed by atoms with Gasteiger partial charge in [-0.1, -0.05) is 13.8 Å². The Hall–Kier alpha value is -0.740. The summed E-state index contributed by atoms with van der Waals surface area (Å²) in [5.41, 5.74) is -1.12. The molecule has 5 fully saturated rings. The summed E-state index contributed by atoms with van der Waals surface area (Å²) in [6.45, 7) is 4.45. The average Bonchev–Trinajstić information content (AvgIpc) is 2.82. The van der Waals surface area contributed by atoms with E-state index >= 15 is 0 Å². The Kier molecular flexibility index (Phi) is 4.44. The standard InChI is InChI=1S/C18H25F3O6/c1-10-4-5-13-11(2)17(18(19,20)21,23-9-8-22)25-14-16(13)12(10)6-7-15(3,24-14)26-27-16/h8,10-14H,4-7,9H2,1-3H3/t10-,11-,12+,13?,14+,15+,16?,17-/m1/s1. The number of alkyl halides is 3. The van der Waals surface area contributed by atoms with Crippen molar-refractivity contribution < 1.29 is 42.0 Å². The normalized spacial score (nSPS) is 52.1. The van der Waals surface area contributed by atoms with Crippen LogP contribution in [0.3, 0.4) is 0 Å². The summed E-state index contributed by atoms with van der Waals surface area (Å²) >= 11 is 0. The van der Waals surface area contributed by atoms with Crippen molar-refractivity contribution in [2.45, 2.75) is 76.1 Å². The number of halogens is 3. The Bertz CT molecular complexity index is 614. The van der Waals surface area contributed by atoms with Gasteiger partial charge in [0.1, 0.15) is 12.9 Å². The molecule has 5 rings (SSSR count). The number of rotatable bonds is 3. The predicted octanol–water partition coefficient (Wildman–Crippen LogP) is 3.34. The van der Waals surface area contributed by atoms with Crippen molar-refractivity contribution in [3.05, 3.63) is 0 Å². The van der Waals surface area contributed by atoms with Gasteiger partial charge in [-0.3, -0.25) is 0 Å². The Morgan fingerprint density at radius 1 is 1.11 bits per heavy atom. The van der Waals surface area contributed by atoms with Gasteiger partial charge < -0.3 is 19.0 Å². The second-order valence-corrected chi connectivity index (χ2v) is 8.46. The van der Waals surface area contributed by atoms with Crippen LogP contribution in [0.5, 0.6) is 0 Å². The van der Waals surface area contributed by atoms with Gasteiger partial charge >= 0.3 is 6.18 Å². The molecule has 6 nitrogen and oxygen atoms in total. The lowest BCUT2D eigenvalue weighted by Gasteiger charge is -2.62. The topological polar surface area (TPSA) is 63.2 Å². The highest BCUT2D eigenvalue weighted by atomic mass is 19.4. The van der Waals surface area contributed by atoms with Crippen molar-refractivity contribution >= 4 is 6.29 Å². The summed E-state index contributed by atoms with van der Waals surface area (Å²) in [6.07, 6.45) is -3.35. The first kappa shape index (κ1) is 19.6. The molecule has 2 unspecified atom stereocenters. The Balaban J connectivity index is 1.83. The van der Waals surface area contributed by atoms with E-state index in [0.29, 0.717) is 19.1 Å². The molecule has 1 spiro atoms. The van der Waals surface area contributed by atoms with Crippen LogP contribution in [0.2, 0.25) is 0 Å². The summed E-state index contributed by atoms with van der Waals surface area (Å²) in [5, 5.41) is 0. The summed E-state index contributed by atoms with van der Waals surface area (Å²) in [7, 11) is 0. The third kappa shape index (κ3) is 2.55. The lowest BCUT2D eigenvalue weighted by Crippen LogP contribution is -2.76. The number of carbonyl (C=O) groups excluding carboxylic acids is 1. The molecule has 2 bridgehead atoms. The van der Waals surface area contributed by atoms with Gasteiger partial charge in [0.25, 0.3) is 5.79 Å². The second kappa shape index (κ2) is 6.13. The fourth-order valence-electron chi connectivity index (χ4n) is 5.65. The average molecular weight is 394 g/mol. The molecule has 4 heterocycles. The maximum atomic E-state index is 14.2. The molecule has 154 valence electrons. The maximum Gasteiger partial charge on any atom is 0.443 e. The highest BCUT2D eigenvalue weighted by Crippen LogP contribution is 2.64. The molecule has 5 aliphatic rings. The molecule has 4 saturated heterocycles. The number of aldehydes is 1. The van der Waals surface area contributed by atoms with Crippen LogP contribution < -0.4 is 0 Å². The monoisotopic (exact) mass is 394 g/mol. The van der Waals surface area contributed by atoms with Crippen LogP contribution in [0.4, 0.5) is 13.2 Å². The van der Waals surface area contributed by atoms with Crippen LogP contribution in [0.1, 0.15) is 46.5 Å². The first-order chi connectivity index (χ1) is 12.6. The zero-order valence-corrected chi connectivity index (χ0v) is 15.6. The summed E-state index contributed by atoms with van der Waals surface area (Å²) < 4.78 is 59.1. The highest BCUT2D eigenvalue weighted by Gasteiger charge is 2.77. The molecule has 0 aromatic rings. The minimum absolute atomic E-state index is 0.0506. The predicted molar refractivity (Wildman–Crippen MR) is 83.8 cm³/mol. The van der Waals surface area contributed by atoms with Gasteiger partial charge in [-0.05, 0) is 38.0 Å². The molecule has 0 aromatic heterocycles. The van der Waals surface area contributed by atoms with E-state index in [-0.39, 0.29) is 11.8 Å². The zero-order valence-electron chi connectivity index (χ0n) is 15.6. The second-order valence-electron chi connectivity index (χ2n) is 8.46. The Morgan fingerprint density at radius 3 is 2.52 bits per heavy atom. The van der Waals surface area contributed by atoms with Crippen molar-refractivity contribution in [1.82, 2.24) is 0 Å². The molecule has 1 saturated carbocycles. The summed E-state index contributed by atoms with van der Waals surface area (Å²) in [4.78, 5) is 22.2. The van der Waals surface area contributed by atoms with Gasteiger partial charge in [-0.25, -0.2) is 9.78 Å².